The van der Waals surface area contributed by atoms with Crippen molar-refractivity contribution in [3.63, 3.8) is 0 Å². The molecule has 1 amide bonds. The van der Waals surface area contributed by atoms with Gasteiger partial charge in [-0.15, -0.1) is 0 Å². The van der Waals surface area contributed by atoms with Crippen molar-refractivity contribution in [2.75, 3.05) is 20.1 Å². The zero-order valence-electron chi connectivity index (χ0n) is 17.9. The van der Waals surface area contributed by atoms with Crippen LogP contribution in [0.3, 0.4) is 0 Å². The van der Waals surface area contributed by atoms with Crippen molar-refractivity contribution in [3.05, 3.63) is 42.2 Å². The van der Waals surface area contributed by atoms with Gasteiger partial charge in [0.25, 0.3) is 0 Å². The SMILES string of the molecule is CN=C(NC(C)=Nc1ncc(Sc2ccccn2)cc1C)C1CCN(C(C)=O)CC1. The van der Waals surface area contributed by atoms with Crippen LogP contribution in [0.15, 0.2) is 56.6 Å². The van der Waals surface area contributed by atoms with Gasteiger partial charge in [-0.25, -0.2) is 15.0 Å². The second-order valence-electron chi connectivity index (χ2n) is 7.29. The predicted molar refractivity (Wildman–Crippen MR) is 122 cm³/mol. The van der Waals surface area contributed by atoms with E-state index in [9.17, 15) is 4.79 Å². The van der Waals surface area contributed by atoms with Gasteiger partial charge in [-0.3, -0.25) is 9.79 Å². The van der Waals surface area contributed by atoms with Crippen molar-refractivity contribution in [1.29, 1.82) is 0 Å². The first kappa shape index (κ1) is 22.0. The highest BCUT2D eigenvalue weighted by Gasteiger charge is 2.24. The number of hydrogen-bond donors (Lipinski definition) is 1. The van der Waals surface area contributed by atoms with E-state index >= 15 is 0 Å². The Bertz CT molecular complexity index is 936. The minimum Gasteiger partial charge on any atom is -0.343 e. The summed E-state index contributed by atoms with van der Waals surface area (Å²) in [5.74, 6) is 2.80. The first-order valence-corrected chi connectivity index (χ1v) is 10.9. The number of aryl methyl sites for hydroxylation is 1. The van der Waals surface area contributed by atoms with Gasteiger partial charge in [0.1, 0.15) is 16.7 Å². The standard InChI is InChI=1S/C22H28N6OS/c1-15-13-19(30-20-7-5-6-10-24-20)14-25-21(15)26-16(2)27-22(23-4)18-8-11-28(12-9-18)17(3)29/h5-7,10,13-14,18H,8-9,11-12H2,1-4H3,(H,23,25,26,27). The Morgan fingerprint density at radius 3 is 2.60 bits per heavy atom. The van der Waals surface area contributed by atoms with Crippen molar-refractivity contribution >= 4 is 35.2 Å². The highest BCUT2D eigenvalue weighted by atomic mass is 32.2. The maximum atomic E-state index is 11.5. The molecule has 0 saturated carbocycles. The third-order valence-corrected chi connectivity index (χ3v) is 5.95. The molecule has 1 aliphatic rings. The predicted octanol–water partition coefficient (Wildman–Crippen LogP) is 3.86. The van der Waals surface area contributed by atoms with Gasteiger partial charge in [-0.1, -0.05) is 17.8 Å². The Hall–Kier alpha value is -2.74. The minimum atomic E-state index is 0.139. The van der Waals surface area contributed by atoms with Crippen molar-refractivity contribution in [2.45, 2.75) is 43.5 Å². The van der Waals surface area contributed by atoms with E-state index in [0.717, 1.165) is 53.1 Å². The average molecular weight is 425 g/mol. The summed E-state index contributed by atoms with van der Waals surface area (Å²) in [7, 11) is 1.79. The number of nitrogens with zero attached hydrogens (tertiary/aromatic N) is 5. The number of rotatable bonds is 4. The molecule has 0 atom stereocenters. The molecule has 1 N–H and O–H groups in total. The molecule has 7 nitrogen and oxygen atoms in total. The zero-order valence-corrected chi connectivity index (χ0v) is 18.7. The highest BCUT2D eigenvalue weighted by Crippen LogP contribution is 2.28. The highest BCUT2D eigenvalue weighted by molar-refractivity contribution is 7.99. The molecule has 0 aromatic carbocycles. The van der Waals surface area contributed by atoms with E-state index in [-0.39, 0.29) is 5.91 Å². The molecule has 0 spiro atoms. The summed E-state index contributed by atoms with van der Waals surface area (Å²) in [5.41, 5.74) is 1.00. The van der Waals surface area contributed by atoms with Crippen LogP contribution in [0.25, 0.3) is 0 Å². The lowest BCUT2D eigenvalue weighted by molar-refractivity contribution is -0.129. The molecule has 30 heavy (non-hydrogen) atoms. The van der Waals surface area contributed by atoms with Crippen LogP contribution in [-0.2, 0) is 4.79 Å². The van der Waals surface area contributed by atoms with Crippen LogP contribution in [0.5, 0.6) is 0 Å². The van der Waals surface area contributed by atoms with Gasteiger partial charge in [-0.2, -0.15) is 0 Å². The average Bonchev–Trinajstić information content (AvgIpc) is 2.75. The normalized spacial score (nSPS) is 15.9. The lowest BCUT2D eigenvalue weighted by Gasteiger charge is -2.32. The minimum absolute atomic E-state index is 0.139. The number of nitrogens with one attached hydrogen (secondary N) is 1. The van der Waals surface area contributed by atoms with E-state index in [4.69, 9.17) is 0 Å². The molecular formula is C22H28N6OS. The smallest absolute Gasteiger partial charge is 0.219 e. The Labute approximate surface area is 182 Å². The molecule has 158 valence electrons. The van der Waals surface area contributed by atoms with Crippen LogP contribution in [0.4, 0.5) is 5.82 Å². The van der Waals surface area contributed by atoms with Gasteiger partial charge in [0.15, 0.2) is 5.82 Å². The Kier molecular flexibility index (Phi) is 7.57. The molecule has 0 unspecified atom stereocenters. The monoisotopic (exact) mass is 424 g/mol. The quantitative estimate of drug-likeness (QED) is 0.595. The molecule has 0 aliphatic carbocycles. The van der Waals surface area contributed by atoms with Crippen LogP contribution >= 0.6 is 11.8 Å². The maximum Gasteiger partial charge on any atom is 0.219 e. The summed E-state index contributed by atoms with van der Waals surface area (Å²) in [4.78, 5) is 32.4. The summed E-state index contributed by atoms with van der Waals surface area (Å²) < 4.78 is 0. The van der Waals surface area contributed by atoms with E-state index in [1.54, 1.807) is 31.9 Å². The number of carbonyl (C=O) groups is 1. The molecule has 3 rings (SSSR count). The van der Waals surface area contributed by atoms with E-state index in [1.165, 1.54) is 0 Å². The van der Waals surface area contributed by atoms with E-state index in [1.807, 2.05) is 43.1 Å². The van der Waals surface area contributed by atoms with Crippen LogP contribution in [-0.4, -0.2) is 52.6 Å². The fraction of sp³-hybridized carbons (Fsp3) is 0.409. The molecule has 1 saturated heterocycles. The number of aromatic nitrogens is 2. The zero-order chi connectivity index (χ0) is 21.5. The first-order valence-electron chi connectivity index (χ1n) is 10.1. The Balaban J connectivity index is 1.63. The summed E-state index contributed by atoms with van der Waals surface area (Å²) >= 11 is 1.58. The molecule has 1 aliphatic heterocycles. The van der Waals surface area contributed by atoms with Gasteiger partial charge in [0.2, 0.25) is 5.91 Å². The van der Waals surface area contributed by atoms with Gasteiger partial charge < -0.3 is 10.2 Å². The third kappa shape index (κ3) is 5.89. The molecule has 3 heterocycles. The van der Waals surface area contributed by atoms with Crippen molar-refractivity contribution in [1.82, 2.24) is 20.2 Å². The second kappa shape index (κ2) is 10.3. The molecule has 8 heteroatoms. The Morgan fingerprint density at radius 2 is 2.00 bits per heavy atom. The fourth-order valence-corrected chi connectivity index (χ4v) is 4.27. The van der Waals surface area contributed by atoms with E-state index in [0.29, 0.717) is 11.7 Å². The summed E-state index contributed by atoms with van der Waals surface area (Å²) in [6, 6.07) is 7.93. The molecule has 1 fully saturated rings. The van der Waals surface area contributed by atoms with Gasteiger partial charge in [0, 0.05) is 50.3 Å². The fourth-order valence-electron chi connectivity index (χ4n) is 3.42. The van der Waals surface area contributed by atoms with Gasteiger partial charge in [-0.05, 0) is 50.5 Å². The lowest BCUT2D eigenvalue weighted by atomic mass is 9.95. The topological polar surface area (TPSA) is 82.8 Å². The number of amides is 1. The number of likely N-dealkylation sites (tertiary alicyclic amines) is 1. The summed E-state index contributed by atoms with van der Waals surface area (Å²) in [5, 5.41) is 4.29. The molecule has 2 aromatic heterocycles. The summed E-state index contributed by atoms with van der Waals surface area (Å²) in [6.07, 6.45) is 5.42. The number of amidine groups is 2. The first-order chi connectivity index (χ1) is 14.5. The maximum absolute atomic E-state index is 11.5. The van der Waals surface area contributed by atoms with Crippen LogP contribution in [0.2, 0.25) is 0 Å². The molecule has 0 bridgehead atoms. The van der Waals surface area contributed by atoms with Crippen LogP contribution in [0, 0.1) is 12.8 Å². The Morgan fingerprint density at radius 1 is 1.23 bits per heavy atom. The number of aliphatic imine (C=N–C) groups is 2. The molecular weight excluding hydrogens is 396 g/mol. The van der Waals surface area contributed by atoms with E-state index < -0.39 is 0 Å². The second-order valence-corrected chi connectivity index (χ2v) is 8.39. The molecule has 0 radical (unpaired) electrons. The summed E-state index contributed by atoms with van der Waals surface area (Å²) in [6.45, 7) is 7.10. The van der Waals surface area contributed by atoms with Gasteiger partial charge >= 0.3 is 0 Å². The lowest BCUT2D eigenvalue weighted by Crippen LogP contribution is -2.43. The van der Waals surface area contributed by atoms with Gasteiger partial charge in [0.05, 0.1) is 0 Å². The third-order valence-electron chi connectivity index (χ3n) is 5.04. The number of carbonyl (C=O) groups excluding carboxylic acids is 1. The number of pyridine rings is 2. The van der Waals surface area contributed by atoms with Crippen LogP contribution < -0.4 is 5.32 Å². The van der Waals surface area contributed by atoms with Crippen LogP contribution in [0.1, 0.15) is 32.3 Å². The van der Waals surface area contributed by atoms with Crippen molar-refractivity contribution in [3.8, 4) is 0 Å². The molecule has 2 aromatic rings. The van der Waals surface area contributed by atoms with Crippen molar-refractivity contribution in [2.24, 2.45) is 15.9 Å². The number of hydrogen-bond acceptors (Lipinski definition) is 6. The van der Waals surface area contributed by atoms with Crippen molar-refractivity contribution < 1.29 is 4.79 Å². The largest absolute Gasteiger partial charge is 0.343 e. The van der Waals surface area contributed by atoms with E-state index in [2.05, 4.69) is 31.3 Å². The number of piperidine rings is 1.